The molecule has 8 heteroatoms. The van der Waals surface area contributed by atoms with Crippen LogP contribution in [0.4, 0.5) is 13.2 Å². The van der Waals surface area contributed by atoms with Crippen LogP contribution in [0.3, 0.4) is 0 Å². The van der Waals surface area contributed by atoms with Gasteiger partial charge in [-0.2, -0.15) is 0 Å². The molecule has 4 nitrogen and oxygen atoms in total. The van der Waals surface area contributed by atoms with E-state index in [4.69, 9.17) is 4.74 Å². The first kappa shape index (κ1) is 17.5. The van der Waals surface area contributed by atoms with E-state index in [1.165, 1.54) is 19.1 Å². The Morgan fingerprint density at radius 3 is 2.43 bits per heavy atom. The van der Waals surface area contributed by atoms with Crippen molar-refractivity contribution < 1.29 is 32.2 Å². The molecule has 0 fully saturated rings. The number of alkyl halides is 4. The number of esters is 1. The minimum atomic E-state index is -4.94. The molecule has 0 aliphatic carbocycles. The second-order valence-corrected chi connectivity index (χ2v) is 4.87. The smallest absolute Gasteiger partial charge is 0.462 e. The van der Waals surface area contributed by atoms with Crippen LogP contribution in [0.25, 0.3) is 0 Å². The predicted molar refractivity (Wildman–Crippen MR) is 71.4 cm³/mol. The molecule has 0 aliphatic heterocycles. The summed E-state index contributed by atoms with van der Waals surface area (Å²) in [5.74, 6) is -1.92. The number of hydrogen-bond acceptors (Lipinski definition) is 4. The van der Waals surface area contributed by atoms with E-state index in [1.54, 1.807) is 6.92 Å². The molecule has 0 amide bonds. The van der Waals surface area contributed by atoms with E-state index in [1.807, 2.05) is 0 Å². The summed E-state index contributed by atoms with van der Waals surface area (Å²) in [4.78, 5) is 22.2. The average Bonchev–Trinajstić information content (AvgIpc) is 2.36. The fraction of sp³-hybridized carbons (Fsp3) is 0.385. The molecule has 1 atom stereocenters. The van der Waals surface area contributed by atoms with Crippen molar-refractivity contribution in [1.82, 2.24) is 0 Å². The van der Waals surface area contributed by atoms with Crippen LogP contribution in [-0.2, 0) is 9.53 Å². The second kappa shape index (κ2) is 6.93. The van der Waals surface area contributed by atoms with Crippen LogP contribution in [0.1, 0.15) is 34.6 Å². The van der Waals surface area contributed by atoms with Gasteiger partial charge in [-0.25, -0.2) is 4.79 Å². The van der Waals surface area contributed by atoms with Crippen molar-refractivity contribution >= 4 is 27.7 Å². The normalized spacial score (nSPS) is 12.7. The molecule has 0 heterocycles. The molecule has 0 saturated carbocycles. The van der Waals surface area contributed by atoms with Crippen LogP contribution in [0.5, 0.6) is 5.75 Å². The standard InChI is InChI=1S/C13H12BrF3O4/c1-3-20-12(19)8-5-4-6-9(21-13(15,16)17)10(8)11(14)7(2)18/h4-6,11H,3H2,1-2H3. The van der Waals surface area contributed by atoms with Gasteiger partial charge in [0.2, 0.25) is 0 Å². The van der Waals surface area contributed by atoms with Crippen molar-refractivity contribution in [1.29, 1.82) is 0 Å². The number of carbonyl (C=O) groups is 2. The summed E-state index contributed by atoms with van der Waals surface area (Å²) in [6.07, 6.45) is -4.94. The van der Waals surface area contributed by atoms with E-state index in [2.05, 4.69) is 20.7 Å². The molecule has 1 unspecified atom stereocenters. The lowest BCUT2D eigenvalue weighted by molar-refractivity contribution is -0.274. The van der Waals surface area contributed by atoms with Crippen molar-refractivity contribution in [3.63, 3.8) is 0 Å². The minimum absolute atomic E-state index is 0.0512. The van der Waals surface area contributed by atoms with Gasteiger partial charge in [0.25, 0.3) is 0 Å². The molecular formula is C13H12BrF3O4. The average molecular weight is 369 g/mol. The molecule has 0 radical (unpaired) electrons. The number of hydrogen-bond donors (Lipinski definition) is 0. The summed E-state index contributed by atoms with van der Waals surface area (Å²) < 4.78 is 45.9. The van der Waals surface area contributed by atoms with Gasteiger partial charge in [0.15, 0.2) is 0 Å². The molecule has 0 bridgehead atoms. The van der Waals surface area contributed by atoms with Gasteiger partial charge in [-0.1, -0.05) is 22.0 Å². The Kier molecular flexibility index (Phi) is 5.77. The highest BCUT2D eigenvalue weighted by Crippen LogP contribution is 2.37. The highest BCUT2D eigenvalue weighted by molar-refractivity contribution is 9.09. The molecule has 21 heavy (non-hydrogen) atoms. The summed E-state index contributed by atoms with van der Waals surface area (Å²) in [5, 5.41) is 0. The number of halogens is 4. The van der Waals surface area contributed by atoms with E-state index in [0.29, 0.717) is 0 Å². The van der Waals surface area contributed by atoms with Crippen molar-refractivity contribution in [2.24, 2.45) is 0 Å². The third-order valence-electron chi connectivity index (χ3n) is 2.40. The summed E-state index contributed by atoms with van der Waals surface area (Å²) in [5.41, 5.74) is -0.364. The van der Waals surface area contributed by atoms with Crippen LogP contribution in [0.2, 0.25) is 0 Å². The van der Waals surface area contributed by atoms with E-state index in [0.717, 1.165) is 6.07 Å². The largest absolute Gasteiger partial charge is 0.573 e. The second-order valence-electron chi connectivity index (χ2n) is 3.96. The fourth-order valence-corrected chi connectivity index (χ4v) is 2.08. The molecule has 0 aromatic heterocycles. The van der Waals surface area contributed by atoms with Gasteiger partial charge in [-0.15, -0.1) is 13.2 Å². The first-order valence-electron chi connectivity index (χ1n) is 5.87. The Bertz CT molecular complexity index is 543. The highest BCUT2D eigenvalue weighted by Gasteiger charge is 2.35. The number of carbonyl (C=O) groups excluding carboxylic acids is 2. The van der Waals surface area contributed by atoms with Crippen LogP contribution in [0, 0.1) is 0 Å². The predicted octanol–water partition coefficient (Wildman–Crippen LogP) is 3.79. The van der Waals surface area contributed by atoms with Crippen LogP contribution >= 0.6 is 15.9 Å². The zero-order valence-electron chi connectivity index (χ0n) is 11.2. The van der Waals surface area contributed by atoms with E-state index in [9.17, 15) is 22.8 Å². The Labute approximate surface area is 127 Å². The fourth-order valence-electron chi connectivity index (χ4n) is 1.61. The zero-order chi connectivity index (χ0) is 16.2. The van der Waals surface area contributed by atoms with Crippen molar-refractivity contribution in [3.8, 4) is 5.75 Å². The maximum atomic E-state index is 12.4. The molecule has 0 saturated heterocycles. The molecular weight excluding hydrogens is 357 g/mol. The Hall–Kier alpha value is -1.57. The first-order valence-corrected chi connectivity index (χ1v) is 6.79. The maximum Gasteiger partial charge on any atom is 0.573 e. The van der Waals surface area contributed by atoms with E-state index < -0.39 is 28.7 Å². The van der Waals surface area contributed by atoms with Gasteiger partial charge in [0, 0.05) is 5.56 Å². The van der Waals surface area contributed by atoms with Crippen molar-refractivity contribution in [2.75, 3.05) is 6.61 Å². The Balaban J connectivity index is 3.40. The van der Waals surface area contributed by atoms with Gasteiger partial charge in [0.05, 0.1) is 12.2 Å². The SMILES string of the molecule is CCOC(=O)c1cccc(OC(F)(F)F)c1C(Br)C(C)=O. The molecule has 116 valence electrons. The van der Waals surface area contributed by atoms with Gasteiger partial charge >= 0.3 is 12.3 Å². The number of rotatable bonds is 5. The van der Waals surface area contributed by atoms with Crippen LogP contribution in [0.15, 0.2) is 18.2 Å². The summed E-state index contributed by atoms with van der Waals surface area (Å²) in [7, 11) is 0. The molecule has 1 aromatic carbocycles. The van der Waals surface area contributed by atoms with E-state index in [-0.39, 0.29) is 17.7 Å². The highest BCUT2D eigenvalue weighted by atomic mass is 79.9. The van der Waals surface area contributed by atoms with Crippen molar-refractivity contribution in [2.45, 2.75) is 25.0 Å². The number of benzene rings is 1. The van der Waals surface area contributed by atoms with Crippen LogP contribution < -0.4 is 4.74 Å². The molecule has 0 N–H and O–H groups in total. The van der Waals surface area contributed by atoms with E-state index >= 15 is 0 Å². The molecule has 0 spiro atoms. The summed E-state index contributed by atoms with van der Waals surface area (Å²) >= 11 is 2.97. The van der Waals surface area contributed by atoms with Gasteiger partial charge < -0.3 is 9.47 Å². The number of Topliss-reactive ketones (excluding diaryl/α,β-unsaturated/α-hetero) is 1. The van der Waals surface area contributed by atoms with Crippen molar-refractivity contribution in [3.05, 3.63) is 29.3 Å². The monoisotopic (exact) mass is 368 g/mol. The lowest BCUT2D eigenvalue weighted by Crippen LogP contribution is -2.21. The maximum absolute atomic E-state index is 12.4. The zero-order valence-corrected chi connectivity index (χ0v) is 12.7. The molecule has 0 aliphatic rings. The topological polar surface area (TPSA) is 52.6 Å². The van der Waals surface area contributed by atoms with Gasteiger partial charge in [-0.3, -0.25) is 4.79 Å². The third-order valence-corrected chi connectivity index (χ3v) is 3.50. The quantitative estimate of drug-likeness (QED) is 0.586. The lowest BCUT2D eigenvalue weighted by Gasteiger charge is -2.18. The van der Waals surface area contributed by atoms with Crippen LogP contribution in [-0.4, -0.2) is 24.7 Å². The molecule has 1 aromatic rings. The Morgan fingerprint density at radius 1 is 1.33 bits per heavy atom. The van der Waals surface area contributed by atoms with Gasteiger partial charge in [-0.05, 0) is 26.0 Å². The van der Waals surface area contributed by atoms with Gasteiger partial charge in [0.1, 0.15) is 16.4 Å². The summed E-state index contributed by atoms with van der Waals surface area (Å²) in [6.45, 7) is 2.79. The lowest BCUT2D eigenvalue weighted by atomic mass is 10.0. The molecule has 1 rings (SSSR count). The summed E-state index contributed by atoms with van der Waals surface area (Å²) in [6, 6.07) is 3.52. The minimum Gasteiger partial charge on any atom is -0.462 e. The third kappa shape index (κ3) is 4.73. The Morgan fingerprint density at radius 2 is 1.95 bits per heavy atom. The number of ether oxygens (including phenoxy) is 2. The first-order chi connectivity index (χ1) is 9.67. The number of ketones is 1.